The number of benzene rings is 1. The number of hydrogen-bond acceptors (Lipinski definition) is 5. The third kappa shape index (κ3) is 4.05. The molecule has 0 radical (unpaired) electrons. The number of halogens is 2. The molecule has 1 aromatic carbocycles. The van der Waals surface area contributed by atoms with Crippen molar-refractivity contribution in [2.75, 3.05) is 17.2 Å². The van der Waals surface area contributed by atoms with Crippen LogP contribution in [0.1, 0.15) is 31.4 Å². The molecule has 3 N–H and O–H groups in total. The van der Waals surface area contributed by atoms with Crippen LogP contribution in [0.15, 0.2) is 24.3 Å². The monoisotopic (exact) mass is 352 g/mol. The van der Waals surface area contributed by atoms with Crippen LogP contribution in [-0.4, -0.2) is 27.7 Å². The van der Waals surface area contributed by atoms with Crippen LogP contribution in [-0.2, 0) is 0 Å². The Kier molecular flexibility index (Phi) is 4.90. The van der Waals surface area contributed by atoms with Gasteiger partial charge in [-0.15, -0.1) is 0 Å². The van der Waals surface area contributed by atoms with Crippen LogP contribution < -0.4 is 10.6 Å². The van der Waals surface area contributed by atoms with E-state index in [1.165, 1.54) is 0 Å². The second kappa shape index (κ2) is 6.91. The lowest BCUT2D eigenvalue weighted by molar-refractivity contribution is 0.281. The topological polar surface area (TPSA) is 70.1 Å². The van der Waals surface area contributed by atoms with Crippen molar-refractivity contribution < 1.29 is 5.11 Å². The van der Waals surface area contributed by atoms with Crippen molar-refractivity contribution in [3.8, 4) is 0 Å². The Labute approximate surface area is 145 Å². The van der Waals surface area contributed by atoms with Gasteiger partial charge in [-0.2, -0.15) is 4.98 Å². The Morgan fingerprint density at radius 2 is 2.09 bits per heavy atom. The first-order valence-corrected chi connectivity index (χ1v) is 8.30. The summed E-state index contributed by atoms with van der Waals surface area (Å²) in [6, 6.07) is 7.22. The second-order valence-electron chi connectivity index (χ2n) is 5.73. The zero-order valence-electron chi connectivity index (χ0n) is 12.7. The number of aromatic nitrogens is 2. The molecule has 5 nitrogen and oxygen atoms in total. The number of nitrogens with zero attached hydrogens (tertiary/aromatic N) is 2. The highest BCUT2D eigenvalue weighted by Gasteiger charge is 2.26. The molecule has 1 aliphatic rings. The molecule has 3 rings (SSSR count). The van der Waals surface area contributed by atoms with E-state index in [4.69, 9.17) is 23.2 Å². The van der Waals surface area contributed by atoms with Gasteiger partial charge in [-0.1, -0.05) is 29.3 Å². The molecule has 0 spiro atoms. The minimum Gasteiger partial charge on any atom is -0.394 e. The summed E-state index contributed by atoms with van der Waals surface area (Å²) in [5.74, 6) is 1.63. The third-order valence-electron chi connectivity index (χ3n) is 3.61. The van der Waals surface area contributed by atoms with Gasteiger partial charge in [0.25, 0.3) is 0 Å². The minimum absolute atomic E-state index is 0.0138. The summed E-state index contributed by atoms with van der Waals surface area (Å²) >= 11 is 12.3. The fraction of sp³-hybridized carbons (Fsp3) is 0.375. The van der Waals surface area contributed by atoms with Crippen molar-refractivity contribution in [3.05, 3.63) is 40.0 Å². The quantitative estimate of drug-likeness (QED) is 0.726. The largest absolute Gasteiger partial charge is 0.394 e. The van der Waals surface area contributed by atoms with Crippen molar-refractivity contribution in [2.45, 2.75) is 31.7 Å². The smallest absolute Gasteiger partial charge is 0.225 e. The van der Waals surface area contributed by atoms with Gasteiger partial charge in [-0.05, 0) is 31.9 Å². The predicted molar refractivity (Wildman–Crippen MR) is 93.9 cm³/mol. The molecule has 1 heterocycles. The summed E-state index contributed by atoms with van der Waals surface area (Å²) in [7, 11) is 0. The highest BCUT2D eigenvalue weighted by atomic mass is 35.5. The SMILES string of the molecule is C[C@@H](CO)Nc1nc(Nc2cccc(Cl)c2Cl)cc(C2CC2)n1. The van der Waals surface area contributed by atoms with Crippen molar-refractivity contribution in [2.24, 2.45) is 0 Å². The van der Waals surface area contributed by atoms with Crippen LogP contribution in [0.4, 0.5) is 17.5 Å². The normalized spacial score (nSPS) is 15.3. The summed E-state index contributed by atoms with van der Waals surface area (Å²) in [4.78, 5) is 8.98. The molecule has 0 bridgehead atoms. The average Bonchev–Trinajstić information content (AvgIpc) is 3.36. The van der Waals surface area contributed by atoms with E-state index in [0.717, 1.165) is 18.5 Å². The maximum Gasteiger partial charge on any atom is 0.225 e. The third-order valence-corrected chi connectivity index (χ3v) is 4.42. The molecular formula is C16H18Cl2N4O. The van der Waals surface area contributed by atoms with Gasteiger partial charge in [-0.25, -0.2) is 4.98 Å². The number of aliphatic hydroxyl groups is 1. The standard InChI is InChI=1S/C16H18Cl2N4O/c1-9(8-23)19-16-21-13(10-5-6-10)7-14(22-16)20-12-4-2-3-11(17)15(12)18/h2-4,7,9-10,23H,5-6,8H2,1H3,(H2,19,20,21,22)/t9-/m0/s1. The zero-order valence-corrected chi connectivity index (χ0v) is 14.2. The highest BCUT2D eigenvalue weighted by Crippen LogP contribution is 2.40. The van der Waals surface area contributed by atoms with Crippen molar-refractivity contribution in [1.82, 2.24) is 9.97 Å². The van der Waals surface area contributed by atoms with Crippen molar-refractivity contribution in [1.29, 1.82) is 0 Å². The average molecular weight is 353 g/mol. The molecule has 7 heteroatoms. The van der Waals surface area contributed by atoms with E-state index in [9.17, 15) is 5.11 Å². The molecule has 0 saturated heterocycles. The number of hydrogen-bond donors (Lipinski definition) is 3. The summed E-state index contributed by atoms with van der Waals surface area (Å²) in [5, 5.41) is 16.4. The first-order chi connectivity index (χ1) is 11.1. The van der Waals surface area contributed by atoms with Crippen LogP contribution >= 0.6 is 23.2 Å². The summed E-state index contributed by atoms with van der Waals surface area (Å²) in [6.07, 6.45) is 2.28. The Bertz CT molecular complexity index is 706. The number of nitrogens with one attached hydrogen (secondary N) is 2. The Morgan fingerprint density at radius 1 is 1.30 bits per heavy atom. The number of aliphatic hydroxyl groups excluding tert-OH is 1. The first-order valence-electron chi connectivity index (χ1n) is 7.54. The van der Waals surface area contributed by atoms with E-state index in [1.54, 1.807) is 6.07 Å². The van der Waals surface area contributed by atoms with Gasteiger partial charge < -0.3 is 15.7 Å². The molecule has 122 valence electrons. The van der Waals surface area contributed by atoms with Gasteiger partial charge in [0, 0.05) is 18.0 Å². The van der Waals surface area contributed by atoms with Gasteiger partial charge in [0.2, 0.25) is 5.95 Å². The van der Waals surface area contributed by atoms with Gasteiger partial charge in [0.05, 0.1) is 28.0 Å². The summed E-state index contributed by atoms with van der Waals surface area (Å²) in [6.45, 7) is 1.88. The number of rotatable bonds is 6. The van der Waals surface area contributed by atoms with Gasteiger partial charge in [0.15, 0.2) is 0 Å². The molecular weight excluding hydrogens is 335 g/mol. The predicted octanol–water partition coefficient (Wildman–Crippen LogP) is 4.20. The summed E-state index contributed by atoms with van der Waals surface area (Å²) < 4.78 is 0. The maximum atomic E-state index is 9.19. The van der Waals surface area contributed by atoms with E-state index in [1.807, 2.05) is 25.1 Å². The van der Waals surface area contributed by atoms with E-state index < -0.39 is 0 Å². The van der Waals surface area contributed by atoms with Crippen LogP contribution in [0.3, 0.4) is 0 Å². The Hall–Kier alpha value is -1.56. The van der Waals surface area contributed by atoms with Gasteiger partial charge >= 0.3 is 0 Å². The fourth-order valence-corrected chi connectivity index (χ4v) is 2.53. The Morgan fingerprint density at radius 3 is 2.78 bits per heavy atom. The lowest BCUT2D eigenvalue weighted by atomic mass is 10.2. The van der Waals surface area contributed by atoms with Crippen molar-refractivity contribution in [3.63, 3.8) is 0 Å². The maximum absolute atomic E-state index is 9.19. The molecule has 0 aliphatic heterocycles. The minimum atomic E-state index is -0.118. The molecule has 1 aliphatic carbocycles. The first kappa shape index (κ1) is 16.3. The molecule has 1 atom stereocenters. The van der Waals surface area contributed by atoms with E-state index in [0.29, 0.717) is 33.4 Å². The fourth-order valence-electron chi connectivity index (χ4n) is 2.19. The highest BCUT2D eigenvalue weighted by molar-refractivity contribution is 6.43. The number of anilines is 3. The molecule has 0 amide bonds. The van der Waals surface area contributed by atoms with Gasteiger partial charge in [0.1, 0.15) is 5.82 Å². The summed E-state index contributed by atoms with van der Waals surface area (Å²) in [5.41, 5.74) is 1.69. The molecule has 1 aromatic heterocycles. The van der Waals surface area contributed by atoms with E-state index in [-0.39, 0.29) is 12.6 Å². The van der Waals surface area contributed by atoms with Crippen LogP contribution in [0.25, 0.3) is 0 Å². The lowest BCUT2D eigenvalue weighted by Gasteiger charge is -2.14. The molecule has 2 aromatic rings. The lowest BCUT2D eigenvalue weighted by Crippen LogP contribution is -2.21. The van der Waals surface area contributed by atoms with Gasteiger partial charge in [-0.3, -0.25) is 0 Å². The zero-order chi connectivity index (χ0) is 16.4. The molecule has 1 saturated carbocycles. The van der Waals surface area contributed by atoms with Crippen LogP contribution in [0, 0.1) is 0 Å². The van der Waals surface area contributed by atoms with Crippen LogP contribution in [0.5, 0.6) is 0 Å². The Balaban J connectivity index is 1.89. The van der Waals surface area contributed by atoms with Crippen molar-refractivity contribution >= 4 is 40.7 Å². The van der Waals surface area contributed by atoms with E-state index in [2.05, 4.69) is 20.6 Å². The molecule has 1 fully saturated rings. The van der Waals surface area contributed by atoms with Crippen LogP contribution in [0.2, 0.25) is 10.0 Å². The molecule has 0 unspecified atom stereocenters. The molecule has 23 heavy (non-hydrogen) atoms. The van der Waals surface area contributed by atoms with E-state index >= 15 is 0 Å². The second-order valence-corrected chi connectivity index (χ2v) is 6.52.